The van der Waals surface area contributed by atoms with Crippen LogP contribution in [-0.2, 0) is 0 Å². The smallest absolute Gasteiger partial charge is 0.255 e. The topological polar surface area (TPSA) is 132 Å². The number of rotatable bonds is 1. The van der Waals surface area contributed by atoms with Crippen molar-refractivity contribution in [2.24, 2.45) is 0 Å². The minimum Gasteiger partial charge on any atom is -0.504 e. The zero-order valence-corrected chi connectivity index (χ0v) is 15.2. The van der Waals surface area contributed by atoms with E-state index in [-0.39, 0.29) is 23.9 Å². The van der Waals surface area contributed by atoms with Crippen LogP contribution in [0.15, 0.2) is 6.07 Å². The average molecular weight is 392 g/mol. The molecule has 0 spiro atoms. The number of hydrogen-bond donors (Lipinski definition) is 5. The number of amides is 1. The summed E-state index contributed by atoms with van der Waals surface area (Å²) < 4.78 is 10.7. The minimum atomic E-state index is -1.38. The lowest BCUT2D eigenvalue weighted by molar-refractivity contribution is -0.142. The van der Waals surface area contributed by atoms with Gasteiger partial charge in [0.15, 0.2) is 11.5 Å². The second-order valence-electron chi connectivity index (χ2n) is 8.01. The van der Waals surface area contributed by atoms with Gasteiger partial charge in [0.05, 0.1) is 17.7 Å². The SMILES string of the molecule is O=C1N[C@H]2[C@H](O)[C@H](O)[C@@H](O)C(N3CCCCC3)[C@@H]2c2cc3c(c(O)c21)OCO3. The monoisotopic (exact) mass is 392 g/mol. The van der Waals surface area contributed by atoms with Gasteiger partial charge >= 0.3 is 0 Å². The summed E-state index contributed by atoms with van der Waals surface area (Å²) in [5.74, 6) is -0.906. The van der Waals surface area contributed by atoms with Gasteiger partial charge in [-0.05, 0) is 37.6 Å². The van der Waals surface area contributed by atoms with Gasteiger partial charge < -0.3 is 35.2 Å². The van der Waals surface area contributed by atoms with Crippen molar-refractivity contribution in [2.75, 3.05) is 19.9 Å². The maximum absolute atomic E-state index is 12.7. The molecular formula is C19H24N2O7. The first-order valence-electron chi connectivity index (χ1n) is 9.73. The summed E-state index contributed by atoms with van der Waals surface area (Å²) in [5.41, 5.74) is 0.569. The van der Waals surface area contributed by atoms with Crippen LogP contribution in [0, 0.1) is 0 Å². The molecule has 1 saturated carbocycles. The normalized spacial score (nSPS) is 37.2. The van der Waals surface area contributed by atoms with Gasteiger partial charge in [0, 0.05) is 12.0 Å². The molecule has 3 aliphatic heterocycles. The third-order valence-electron chi connectivity index (χ3n) is 6.54. The Bertz CT molecular complexity index is 808. The fraction of sp³-hybridized carbons (Fsp3) is 0.632. The molecule has 1 aromatic carbocycles. The summed E-state index contributed by atoms with van der Waals surface area (Å²) >= 11 is 0. The van der Waals surface area contributed by atoms with E-state index in [2.05, 4.69) is 10.2 Å². The largest absolute Gasteiger partial charge is 0.504 e. The Morgan fingerprint density at radius 1 is 1.04 bits per heavy atom. The summed E-state index contributed by atoms with van der Waals surface area (Å²) in [5, 5.41) is 45.3. The zero-order chi connectivity index (χ0) is 19.6. The highest BCUT2D eigenvalue weighted by molar-refractivity contribution is 6.01. The van der Waals surface area contributed by atoms with Crippen LogP contribution in [0.25, 0.3) is 0 Å². The minimum absolute atomic E-state index is 0.0545. The lowest BCUT2D eigenvalue weighted by Gasteiger charge is -2.53. The lowest BCUT2D eigenvalue weighted by atomic mass is 9.68. The summed E-state index contributed by atoms with van der Waals surface area (Å²) in [6, 6.07) is 0.356. The van der Waals surface area contributed by atoms with Crippen molar-refractivity contribution < 1.29 is 34.7 Å². The number of hydrogen-bond acceptors (Lipinski definition) is 8. The van der Waals surface area contributed by atoms with Crippen molar-refractivity contribution in [1.82, 2.24) is 10.2 Å². The number of carbonyl (C=O) groups is 1. The van der Waals surface area contributed by atoms with Crippen LogP contribution in [0.5, 0.6) is 17.2 Å². The molecule has 28 heavy (non-hydrogen) atoms. The van der Waals surface area contributed by atoms with E-state index in [0.717, 1.165) is 32.4 Å². The number of nitrogens with one attached hydrogen (secondary N) is 1. The lowest BCUT2D eigenvalue weighted by Crippen LogP contribution is -2.70. The maximum Gasteiger partial charge on any atom is 0.255 e. The van der Waals surface area contributed by atoms with Crippen molar-refractivity contribution in [3.63, 3.8) is 0 Å². The highest BCUT2D eigenvalue weighted by Crippen LogP contribution is 2.50. The molecular weight excluding hydrogens is 368 g/mol. The second kappa shape index (κ2) is 6.48. The summed E-state index contributed by atoms with van der Waals surface area (Å²) in [4.78, 5) is 14.9. The predicted molar refractivity (Wildman–Crippen MR) is 95.5 cm³/mol. The molecule has 0 radical (unpaired) electrons. The number of ether oxygens (including phenoxy) is 2. The first kappa shape index (κ1) is 18.0. The molecule has 1 amide bonds. The van der Waals surface area contributed by atoms with E-state index in [0.29, 0.717) is 11.3 Å². The zero-order valence-electron chi connectivity index (χ0n) is 15.2. The van der Waals surface area contributed by atoms with Crippen molar-refractivity contribution in [2.45, 2.75) is 55.6 Å². The third-order valence-corrected chi connectivity index (χ3v) is 6.54. The van der Waals surface area contributed by atoms with Crippen LogP contribution in [-0.4, -0.2) is 81.5 Å². The maximum atomic E-state index is 12.7. The molecule has 9 heteroatoms. The standard InChI is InChI=1S/C19H24N2O7/c22-14-11-8(6-9-18(14)28-7-27-9)10-12(20-19(11)26)15(23)17(25)16(24)13(10)21-4-2-1-3-5-21/h6,10,12-13,15-17,22-25H,1-5,7H2,(H,20,26)/t10-,12-,13?,15+,16+,17+/m1/s1. The van der Waals surface area contributed by atoms with Crippen molar-refractivity contribution >= 4 is 5.91 Å². The average Bonchev–Trinajstić information content (AvgIpc) is 3.17. The molecule has 1 unspecified atom stereocenters. The number of likely N-dealkylation sites (tertiary alicyclic amines) is 1. The summed E-state index contributed by atoms with van der Waals surface area (Å²) in [6.07, 6.45) is -0.839. The van der Waals surface area contributed by atoms with Gasteiger partial charge in [-0.15, -0.1) is 0 Å². The molecule has 2 fully saturated rings. The Morgan fingerprint density at radius 2 is 1.79 bits per heavy atom. The van der Waals surface area contributed by atoms with Crippen LogP contribution in [0.4, 0.5) is 0 Å². The summed E-state index contributed by atoms with van der Waals surface area (Å²) in [7, 11) is 0. The van der Waals surface area contributed by atoms with Gasteiger partial charge in [-0.2, -0.15) is 0 Å². The highest BCUT2D eigenvalue weighted by Gasteiger charge is 2.55. The molecule has 1 saturated heterocycles. The van der Waals surface area contributed by atoms with Crippen LogP contribution < -0.4 is 14.8 Å². The number of benzene rings is 1. The number of carbonyl (C=O) groups excluding carboxylic acids is 1. The Labute approximate surface area is 161 Å². The van der Waals surface area contributed by atoms with E-state index in [1.165, 1.54) is 0 Å². The van der Waals surface area contributed by atoms with E-state index in [9.17, 15) is 25.2 Å². The van der Waals surface area contributed by atoms with Crippen LogP contribution >= 0.6 is 0 Å². The number of aliphatic hydroxyl groups excluding tert-OH is 3. The quantitative estimate of drug-likeness (QED) is 0.423. The van der Waals surface area contributed by atoms with Gasteiger partial charge in [-0.25, -0.2) is 0 Å². The van der Waals surface area contributed by atoms with Gasteiger partial charge in [-0.1, -0.05) is 6.42 Å². The number of aromatic hydroxyl groups is 1. The van der Waals surface area contributed by atoms with Gasteiger partial charge in [0.1, 0.15) is 12.2 Å². The van der Waals surface area contributed by atoms with E-state index >= 15 is 0 Å². The van der Waals surface area contributed by atoms with Gasteiger partial charge in [-0.3, -0.25) is 9.69 Å². The Hall–Kier alpha value is -2.07. The van der Waals surface area contributed by atoms with E-state index < -0.39 is 42.2 Å². The molecule has 5 rings (SSSR count). The van der Waals surface area contributed by atoms with E-state index in [1.807, 2.05) is 0 Å². The fourth-order valence-corrected chi connectivity index (χ4v) is 5.24. The van der Waals surface area contributed by atoms with Crippen LogP contribution in [0.2, 0.25) is 0 Å². The molecule has 6 atom stereocenters. The number of nitrogens with zero attached hydrogens (tertiary/aromatic N) is 1. The molecule has 0 bridgehead atoms. The highest BCUT2D eigenvalue weighted by atomic mass is 16.7. The second-order valence-corrected chi connectivity index (χ2v) is 8.01. The Morgan fingerprint density at radius 3 is 2.54 bits per heavy atom. The first-order valence-corrected chi connectivity index (χ1v) is 9.73. The molecule has 1 aromatic rings. The van der Waals surface area contributed by atoms with Crippen LogP contribution in [0.3, 0.4) is 0 Å². The number of phenolic OH excluding ortho intramolecular Hbond substituents is 1. The number of piperidine rings is 1. The molecule has 4 aliphatic rings. The Kier molecular flexibility index (Phi) is 4.16. The molecule has 9 nitrogen and oxygen atoms in total. The molecule has 5 N–H and O–H groups in total. The molecule has 1 aliphatic carbocycles. The molecule has 152 valence electrons. The summed E-state index contributed by atoms with van der Waals surface area (Å²) in [6.45, 7) is 1.46. The molecule has 0 aromatic heterocycles. The Balaban J connectivity index is 1.67. The van der Waals surface area contributed by atoms with Gasteiger partial charge in [0.2, 0.25) is 12.5 Å². The van der Waals surface area contributed by atoms with Gasteiger partial charge in [0.25, 0.3) is 5.91 Å². The van der Waals surface area contributed by atoms with Crippen molar-refractivity contribution in [3.05, 3.63) is 17.2 Å². The number of fused-ring (bicyclic) bond motifs is 4. The van der Waals surface area contributed by atoms with Crippen molar-refractivity contribution in [3.8, 4) is 17.2 Å². The first-order chi connectivity index (χ1) is 13.5. The molecule has 3 heterocycles. The van der Waals surface area contributed by atoms with Crippen molar-refractivity contribution in [1.29, 1.82) is 0 Å². The number of phenols is 1. The predicted octanol–water partition coefficient (Wildman–Crippen LogP) is -0.733. The van der Waals surface area contributed by atoms with E-state index in [4.69, 9.17) is 9.47 Å². The fourth-order valence-electron chi connectivity index (χ4n) is 5.24. The number of aliphatic hydroxyl groups is 3. The third kappa shape index (κ3) is 2.43. The van der Waals surface area contributed by atoms with Crippen LogP contribution in [0.1, 0.15) is 41.1 Å². The van der Waals surface area contributed by atoms with E-state index in [1.54, 1.807) is 6.07 Å².